The van der Waals surface area contributed by atoms with Crippen LogP contribution < -0.4 is 5.32 Å². The number of carbonyl (C=O) groups excluding carboxylic acids is 1. The molecule has 4 rings (SSSR count). The van der Waals surface area contributed by atoms with E-state index in [2.05, 4.69) is 32.3 Å². The van der Waals surface area contributed by atoms with Gasteiger partial charge >= 0.3 is 0 Å². The van der Waals surface area contributed by atoms with Gasteiger partial charge in [-0.25, -0.2) is 8.78 Å². The molecule has 0 fully saturated rings. The third kappa shape index (κ3) is 3.50. The number of benzene rings is 2. The zero-order valence-corrected chi connectivity index (χ0v) is 16.4. The van der Waals surface area contributed by atoms with Gasteiger partial charge in [0.05, 0.1) is 6.04 Å². The van der Waals surface area contributed by atoms with E-state index in [0.29, 0.717) is 5.56 Å². The number of amides is 1. The Bertz CT molecular complexity index is 1010. The van der Waals surface area contributed by atoms with E-state index in [4.69, 9.17) is 0 Å². The highest BCUT2D eigenvalue weighted by Gasteiger charge is 2.27. The minimum absolute atomic E-state index is 0.0970. The van der Waals surface area contributed by atoms with Crippen molar-refractivity contribution in [3.63, 3.8) is 0 Å². The number of aromatic nitrogens is 1. The highest BCUT2D eigenvalue weighted by atomic mass is 79.9. The summed E-state index contributed by atoms with van der Waals surface area (Å²) in [5.41, 5.74) is 3.62. The molecule has 2 aromatic carbocycles. The summed E-state index contributed by atoms with van der Waals surface area (Å²) >= 11 is 3.51. The lowest BCUT2D eigenvalue weighted by molar-refractivity contribution is 0.0174. The fourth-order valence-corrected chi connectivity index (χ4v) is 4.10. The Kier molecular flexibility index (Phi) is 4.54. The molecule has 1 atom stereocenters. The van der Waals surface area contributed by atoms with Crippen LogP contribution in [0.1, 0.15) is 53.0 Å². The molecule has 1 amide bonds. The van der Waals surface area contributed by atoms with E-state index in [9.17, 15) is 13.6 Å². The van der Waals surface area contributed by atoms with Crippen LogP contribution in [-0.4, -0.2) is 10.9 Å². The Morgan fingerprint density at radius 1 is 1.22 bits per heavy atom. The monoisotopic (exact) mass is 432 g/mol. The van der Waals surface area contributed by atoms with Gasteiger partial charge in [-0.2, -0.15) is 0 Å². The van der Waals surface area contributed by atoms with Crippen molar-refractivity contribution in [2.75, 3.05) is 0 Å². The molecule has 2 N–H and O–H groups in total. The van der Waals surface area contributed by atoms with Gasteiger partial charge in [-0.05, 0) is 55.2 Å². The Balaban J connectivity index is 1.59. The summed E-state index contributed by atoms with van der Waals surface area (Å²) < 4.78 is 27.7. The maximum atomic E-state index is 13.3. The van der Waals surface area contributed by atoms with Gasteiger partial charge in [0.15, 0.2) is 0 Å². The first-order chi connectivity index (χ1) is 12.8. The van der Waals surface area contributed by atoms with Crippen LogP contribution in [-0.2, 0) is 12.3 Å². The van der Waals surface area contributed by atoms with Gasteiger partial charge in [-0.3, -0.25) is 4.79 Å². The van der Waals surface area contributed by atoms with Crippen LogP contribution in [0, 0.1) is 0 Å². The van der Waals surface area contributed by atoms with Gasteiger partial charge in [0, 0.05) is 39.1 Å². The Labute approximate surface area is 164 Å². The lowest BCUT2D eigenvalue weighted by atomic mass is 9.91. The quantitative estimate of drug-likeness (QED) is 0.535. The molecular formula is C21H19BrF2N2O. The first-order valence-electron chi connectivity index (χ1n) is 8.92. The smallest absolute Gasteiger partial charge is 0.270 e. The van der Waals surface area contributed by atoms with E-state index in [1.165, 1.54) is 35.2 Å². The summed E-state index contributed by atoms with van der Waals surface area (Å²) in [5, 5.41) is 4.23. The van der Waals surface area contributed by atoms with Gasteiger partial charge in [0.25, 0.3) is 11.8 Å². The third-order valence-corrected chi connectivity index (χ3v) is 5.62. The largest absolute Gasteiger partial charge is 0.356 e. The number of aromatic amines is 1. The number of carbonyl (C=O) groups is 1. The standard InChI is InChI=1S/C21H19BrF2N2O/c1-21(23,24)13-7-5-12(6-8-13)20(27)26-18-4-2-3-15-16-11-14(22)9-10-17(16)25-19(15)18/h5-11,18,25H,2-4H2,1H3,(H,26,27). The first-order valence-corrected chi connectivity index (χ1v) is 9.71. The number of aryl methyl sites for hydroxylation is 1. The van der Waals surface area contributed by atoms with E-state index in [0.717, 1.165) is 41.9 Å². The van der Waals surface area contributed by atoms with E-state index in [-0.39, 0.29) is 17.5 Å². The van der Waals surface area contributed by atoms with Crippen molar-refractivity contribution in [2.24, 2.45) is 0 Å². The number of H-pyrrole nitrogens is 1. The second kappa shape index (κ2) is 6.75. The first kappa shape index (κ1) is 18.2. The van der Waals surface area contributed by atoms with Crippen LogP contribution >= 0.6 is 15.9 Å². The molecule has 0 aliphatic heterocycles. The van der Waals surface area contributed by atoms with Crippen LogP contribution in [0.3, 0.4) is 0 Å². The molecule has 0 bridgehead atoms. The fraction of sp³-hybridized carbons (Fsp3) is 0.286. The molecule has 140 valence electrons. The molecule has 1 unspecified atom stereocenters. The van der Waals surface area contributed by atoms with Gasteiger partial charge in [0.2, 0.25) is 0 Å². The second-order valence-electron chi connectivity index (χ2n) is 7.09. The zero-order valence-electron chi connectivity index (χ0n) is 14.8. The molecule has 3 aromatic rings. The molecule has 0 saturated carbocycles. The predicted molar refractivity (Wildman–Crippen MR) is 105 cm³/mol. The summed E-state index contributed by atoms with van der Waals surface area (Å²) in [7, 11) is 0. The highest BCUT2D eigenvalue weighted by Crippen LogP contribution is 2.36. The van der Waals surface area contributed by atoms with Crippen LogP contribution in [0.5, 0.6) is 0 Å². The summed E-state index contributed by atoms with van der Waals surface area (Å²) in [6, 6.07) is 11.5. The molecule has 1 aromatic heterocycles. The Morgan fingerprint density at radius 3 is 2.67 bits per heavy atom. The number of hydrogen-bond acceptors (Lipinski definition) is 1. The molecule has 1 aliphatic carbocycles. The van der Waals surface area contributed by atoms with Crippen molar-refractivity contribution >= 4 is 32.7 Å². The number of hydrogen-bond donors (Lipinski definition) is 2. The van der Waals surface area contributed by atoms with Crippen molar-refractivity contribution in [1.82, 2.24) is 10.3 Å². The topological polar surface area (TPSA) is 44.9 Å². The normalized spacial score (nSPS) is 17.0. The highest BCUT2D eigenvalue weighted by molar-refractivity contribution is 9.10. The lowest BCUT2D eigenvalue weighted by Gasteiger charge is -2.24. The predicted octanol–water partition coefficient (Wildman–Crippen LogP) is 5.85. The average molecular weight is 433 g/mol. The minimum Gasteiger partial charge on any atom is -0.356 e. The molecule has 0 saturated heterocycles. The number of rotatable bonds is 3. The van der Waals surface area contributed by atoms with Crippen LogP contribution in [0.15, 0.2) is 46.9 Å². The molecule has 3 nitrogen and oxygen atoms in total. The van der Waals surface area contributed by atoms with Crippen molar-refractivity contribution in [3.8, 4) is 0 Å². The molecule has 27 heavy (non-hydrogen) atoms. The lowest BCUT2D eigenvalue weighted by Crippen LogP contribution is -2.31. The molecule has 6 heteroatoms. The van der Waals surface area contributed by atoms with Gasteiger partial charge in [-0.15, -0.1) is 0 Å². The third-order valence-electron chi connectivity index (χ3n) is 5.13. The number of nitrogens with one attached hydrogen (secondary N) is 2. The van der Waals surface area contributed by atoms with E-state index < -0.39 is 5.92 Å². The zero-order chi connectivity index (χ0) is 19.2. The summed E-state index contributed by atoms with van der Waals surface area (Å²) in [4.78, 5) is 16.1. The van der Waals surface area contributed by atoms with E-state index in [1.807, 2.05) is 12.1 Å². The summed E-state index contributed by atoms with van der Waals surface area (Å²) in [6.07, 6.45) is 2.80. The molecule has 1 heterocycles. The van der Waals surface area contributed by atoms with Gasteiger partial charge in [-0.1, -0.05) is 28.1 Å². The molecule has 1 aliphatic rings. The minimum atomic E-state index is -2.91. The Hall–Kier alpha value is -2.21. The maximum absolute atomic E-state index is 13.3. The van der Waals surface area contributed by atoms with Crippen molar-refractivity contribution in [2.45, 2.75) is 38.2 Å². The SMILES string of the molecule is CC(F)(F)c1ccc(C(=O)NC2CCCc3c2[nH]c2ccc(Br)cc32)cc1. The fourth-order valence-electron chi connectivity index (χ4n) is 3.74. The number of alkyl halides is 2. The number of fused-ring (bicyclic) bond motifs is 3. The van der Waals surface area contributed by atoms with Crippen molar-refractivity contribution in [1.29, 1.82) is 0 Å². The van der Waals surface area contributed by atoms with Crippen LogP contribution in [0.4, 0.5) is 8.78 Å². The van der Waals surface area contributed by atoms with Gasteiger partial charge in [0.1, 0.15) is 0 Å². The van der Waals surface area contributed by atoms with E-state index in [1.54, 1.807) is 0 Å². The van der Waals surface area contributed by atoms with Crippen LogP contribution in [0.25, 0.3) is 10.9 Å². The van der Waals surface area contributed by atoms with Crippen LogP contribution in [0.2, 0.25) is 0 Å². The second-order valence-corrected chi connectivity index (χ2v) is 8.01. The Morgan fingerprint density at radius 2 is 1.96 bits per heavy atom. The van der Waals surface area contributed by atoms with Crippen molar-refractivity contribution in [3.05, 3.63) is 69.3 Å². The average Bonchev–Trinajstić information content (AvgIpc) is 3.00. The molecule has 0 spiro atoms. The van der Waals surface area contributed by atoms with Gasteiger partial charge < -0.3 is 10.3 Å². The molecule has 0 radical (unpaired) electrons. The maximum Gasteiger partial charge on any atom is 0.270 e. The van der Waals surface area contributed by atoms with E-state index >= 15 is 0 Å². The summed E-state index contributed by atoms with van der Waals surface area (Å²) in [6.45, 7) is 0.847. The number of halogens is 3. The van der Waals surface area contributed by atoms with Crippen molar-refractivity contribution < 1.29 is 13.6 Å². The molecular weight excluding hydrogens is 414 g/mol. The summed E-state index contributed by atoms with van der Waals surface area (Å²) in [5.74, 6) is -3.16.